The van der Waals surface area contributed by atoms with Gasteiger partial charge in [0, 0.05) is 12.5 Å². The van der Waals surface area contributed by atoms with E-state index in [1.807, 2.05) is 0 Å². The number of halogens is 5. The highest BCUT2D eigenvalue weighted by molar-refractivity contribution is 7.86. The Bertz CT molecular complexity index is 1020. The van der Waals surface area contributed by atoms with Crippen molar-refractivity contribution in [3.63, 3.8) is 0 Å². The van der Waals surface area contributed by atoms with Gasteiger partial charge in [-0.15, -0.1) is 0 Å². The van der Waals surface area contributed by atoms with E-state index in [0.717, 1.165) is 24.3 Å². The second-order valence-corrected chi connectivity index (χ2v) is 7.61. The van der Waals surface area contributed by atoms with E-state index >= 15 is 0 Å². The van der Waals surface area contributed by atoms with Crippen LogP contribution in [0.2, 0.25) is 0 Å². The van der Waals surface area contributed by atoms with Crippen LogP contribution in [0.15, 0.2) is 52.5 Å². The molecule has 0 fully saturated rings. The second kappa shape index (κ2) is 7.13. The maximum absolute atomic E-state index is 14.2. The quantitative estimate of drug-likeness (QED) is 0.550. The normalized spacial score (nSPS) is 17.7. The lowest BCUT2D eigenvalue weighted by Gasteiger charge is -2.24. The summed E-state index contributed by atoms with van der Waals surface area (Å²) in [5.74, 6) is -1.96. The predicted octanol–water partition coefficient (Wildman–Crippen LogP) is 4.17. The minimum Gasteiger partial charge on any atom is -0.270 e. The van der Waals surface area contributed by atoms with Gasteiger partial charge in [0.2, 0.25) is 0 Å². The number of nitrogens with zero attached hydrogens (tertiary/aromatic N) is 2. The van der Waals surface area contributed by atoms with Gasteiger partial charge >= 0.3 is 6.18 Å². The van der Waals surface area contributed by atoms with Crippen molar-refractivity contribution in [2.75, 3.05) is 12.1 Å². The molecular weight excluding hydrogens is 407 g/mol. The van der Waals surface area contributed by atoms with Crippen LogP contribution in [-0.2, 0) is 14.3 Å². The molecule has 1 atom stereocenters. The van der Waals surface area contributed by atoms with Crippen molar-refractivity contribution in [3.05, 3.63) is 59.7 Å². The van der Waals surface area contributed by atoms with Gasteiger partial charge in [-0.05, 0) is 29.8 Å². The summed E-state index contributed by atoms with van der Waals surface area (Å²) in [6.07, 6.45) is -5.32. The van der Waals surface area contributed by atoms with Gasteiger partial charge in [0.15, 0.2) is 5.82 Å². The van der Waals surface area contributed by atoms with Gasteiger partial charge in [0.1, 0.15) is 11.5 Å². The van der Waals surface area contributed by atoms with Gasteiger partial charge < -0.3 is 0 Å². The molecule has 0 amide bonds. The lowest BCUT2D eigenvalue weighted by atomic mass is 10.0. The summed E-state index contributed by atoms with van der Waals surface area (Å²) >= 11 is 0. The molecule has 0 aromatic heterocycles. The number of alkyl halides is 3. The van der Waals surface area contributed by atoms with E-state index in [-0.39, 0.29) is 16.1 Å². The van der Waals surface area contributed by atoms with Crippen molar-refractivity contribution in [1.82, 2.24) is 0 Å². The first-order chi connectivity index (χ1) is 13.0. The van der Waals surface area contributed by atoms with Crippen LogP contribution in [0.4, 0.5) is 27.6 Å². The van der Waals surface area contributed by atoms with Crippen LogP contribution in [0, 0.1) is 11.6 Å². The van der Waals surface area contributed by atoms with Gasteiger partial charge in [-0.25, -0.2) is 8.78 Å². The van der Waals surface area contributed by atoms with Crippen LogP contribution in [0.3, 0.4) is 0 Å². The summed E-state index contributed by atoms with van der Waals surface area (Å²) in [7, 11) is -3.00. The van der Waals surface area contributed by atoms with E-state index in [9.17, 15) is 30.4 Å². The van der Waals surface area contributed by atoms with Crippen molar-refractivity contribution >= 4 is 21.5 Å². The number of hydrogen-bond acceptors (Lipinski definition) is 5. The molecule has 1 aliphatic heterocycles. The van der Waals surface area contributed by atoms with E-state index in [0.29, 0.717) is 6.07 Å². The van der Waals surface area contributed by atoms with Gasteiger partial charge in [0.25, 0.3) is 10.1 Å². The third-order valence-corrected chi connectivity index (χ3v) is 5.46. The fourth-order valence-corrected chi connectivity index (χ4v) is 3.45. The number of rotatable bonds is 4. The van der Waals surface area contributed by atoms with Crippen molar-refractivity contribution in [1.29, 1.82) is 0 Å². The van der Waals surface area contributed by atoms with Gasteiger partial charge in [-0.2, -0.15) is 26.7 Å². The Morgan fingerprint density at radius 2 is 1.75 bits per heavy atom. The van der Waals surface area contributed by atoms with E-state index in [4.69, 9.17) is 0 Å². The number of anilines is 1. The summed E-state index contributed by atoms with van der Waals surface area (Å²) in [5, 5.41) is 4.30. The minimum atomic E-state index is -4.73. The average Bonchev–Trinajstić information content (AvgIpc) is 3.07. The van der Waals surface area contributed by atoms with Crippen molar-refractivity contribution in [2.24, 2.45) is 5.10 Å². The third kappa shape index (κ3) is 3.85. The van der Waals surface area contributed by atoms with Gasteiger partial charge in [-0.3, -0.25) is 9.19 Å². The molecule has 0 aliphatic carbocycles. The highest BCUT2D eigenvalue weighted by Crippen LogP contribution is 2.40. The Labute approximate surface area is 157 Å². The van der Waals surface area contributed by atoms with Gasteiger partial charge in [0.05, 0.1) is 23.7 Å². The zero-order valence-electron chi connectivity index (χ0n) is 14.2. The van der Waals surface area contributed by atoms with E-state index < -0.39 is 46.1 Å². The first kappa shape index (κ1) is 20.2. The van der Waals surface area contributed by atoms with Gasteiger partial charge in [-0.1, -0.05) is 12.1 Å². The van der Waals surface area contributed by atoms with Crippen LogP contribution in [0.5, 0.6) is 0 Å². The summed E-state index contributed by atoms with van der Waals surface area (Å²) in [6.45, 7) is 0. The SMILES string of the molecule is COS(=O)(=O)c1ccc([C@H]2CC(C(F)(F)F)=NN2c2ccc(F)cc2F)cc1. The topological polar surface area (TPSA) is 59.0 Å². The number of benzene rings is 2. The van der Waals surface area contributed by atoms with Crippen LogP contribution >= 0.6 is 0 Å². The molecule has 0 unspecified atom stereocenters. The van der Waals surface area contributed by atoms with E-state index in [2.05, 4.69) is 9.28 Å². The van der Waals surface area contributed by atoms with Crippen molar-refractivity contribution < 1.29 is 34.6 Å². The van der Waals surface area contributed by atoms with E-state index in [1.165, 1.54) is 24.3 Å². The first-order valence-corrected chi connectivity index (χ1v) is 9.23. The lowest BCUT2D eigenvalue weighted by molar-refractivity contribution is -0.0600. The molecule has 0 radical (unpaired) electrons. The highest BCUT2D eigenvalue weighted by atomic mass is 32.2. The molecule has 0 N–H and O–H groups in total. The summed E-state index contributed by atoms with van der Waals surface area (Å²) in [4.78, 5) is -0.187. The molecule has 0 saturated heterocycles. The fraction of sp³-hybridized carbons (Fsp3) is 0.235. The lowest BCUT2D eigenvalue weighted by Crippen LogP contribution is -2.21. The minimum absolute atomic E-state index is 0.187. The standard InChI is InChI=1S/C17H13F5N2O3S/c1-27-28(25,26)12-5-2-10(3-6-12)15-9-16(17(20,21)22)23-24(15)14-7-4-11(18)8-13(14)19/h2-8,15H,9H2,1H3/t15-/m1/s1. The average molecular weight is 420 g/mol. The number of hydrogen-bond donors (Lipinski definition) is 0. The first-order valence-electron chi connectivity index (χ1n) is 7.82. The molecule has 1 heterocycles. The van der Waals surface area contributed by atoms with E-state index in [1.54, 1.807) is 0 Å². The summed E-state index contributed by atoms with van der Waals surface area (Å²) in [6, 6.07) is 6.30. The largest absolute Gasteiger partial charge is 0.431 e. The maximum Gasteiger partial charge on any atom is 0.431 e. The molecule has 0 spiro atoms. The monoisotopic (exact) mass is 420 g/mol. The molecule has 3 rings (SSSR count). The summed E-state index contributed by atoms with van der Waals surface area (Å²) < 4.78 is 94.6. The molecule has 0 saturated carbocycles. The molecule has 28 heavy (non-hydrogen) atoms. The third-order valence-electron chi connectivity index (χ3n) is 4.17. The van der Waals surface area contributed by atoms with Crippen molar-refractivity contribution in [3.8, 4) is 0 Å². The molecule has 150 valence electrons. The molecule has 2 aromatic carbocycles. The highest BCUT2D eigenvalue weighted by Gasteiger charge is 2.44. The Morgan fingerprint density at radius 1 is 1.11 bits per heavy atom. The maximum atomic E-state index is 14.2. The molecular formula is C17H13F5N2O3S. The fourth-order valence-electron chi connectivity index (χ4n) is 2.78. The van der Waals surface area contributed by atoms with Crippen LogP contribution in [-0.4, -0.2) is 27.4 Å². The Morgan fingerprint density at radius 3 is 2.29 bits per heavy atom. The van der Waals surface area contributed by atoms with Crippen molar-refractivity contribution in [2.45, 2.75) is 23.5 Å². The van der Waals surface area contributed by atoms with Crippen LogP contribution in [0.1, 0.15) is 18.0 Å². The summed E-state index contributed by atoms with van der Waals surface area (Å²) in [5.41, 5.74) is -1.20. The molecule has 1 aliphatic rings. The molecule has 2 aromatic rings. The van der Waals surface area contributed by atoms with Crippen LogP contribution in [0.25, 0.3) is 0 Å². The Hall–Kier alpha value is -2.53. The predicted molar refractivity (Wildman–Crippen MR) is 90.3 cm³/mol. The zero-order chi connectivity index (χ0) is 20.7. The zero-order valence-corrected chi connectivity index (χ0v) is 15.1. The Kier molecular flexibility index (Phi) is 5.15. The molecule has 0 bridgehead atoms. The molecule has 5 nitrogen and oxygen atoms in total. The van der Waals surface area contributed by atoms with Crippen LogP contribution < -0.4 is 5.01 Å². The smallest absolute Gasteiger partial charge is 0.270 e. The Balaban J connectivity index is 2.03. The number of hydrazone groups is 1. The second-order valence-electron chi connectivity index (χ2n) is 5.89. The molecule has 11 heteroatoms.